The Kier molecular flexibility index (Phi) is 19.7. The van der Waals surface area contributed by atoms with Gasteiger partial charge in [-0.2, -0.15) is 0 Å². The molecule has 0 aliphatic carbocycles. The first-order valence-electron chi connectivity index (χ1n) is 10.3. The molecule has 1 saturated heterocycles. The van der Waals surface area contributed by atoms with Gasteiger partial charge in [0.05, 0.1) is 12.9 Å². The summed E-state index contributed by atoms with van der Waals surface area (Å²) in [7, 11) is -17.5. The predicted octanol–water partition coefficient (Wildman–Crippen LogP) is -9.06. The smallest absolute Gasteiger partial charge is 0.777 e. The molecule has 2 aromatic rings. The maximum Gasteiger partial charge on any atom is 1.00 e. The molecule has 3 N–H and O–H groups in total. The Bertz CT molecular complexity index is 1290. The van der Waals surface area contributed by atoms with E-state index in [9.17, 15) is 38.6 Å². The topological polar surface area (TPSA) is 256 Å². The summed E-state index contributed by atoms with van der Waals surface area (Å²) in [6.45, 7) is 4.05. The molecule has 0 saturated carbocycles. The minimum absolute atomic E-state index is 0. The number of phosphoric ester groups is 1. The van der Waals surface area contributed by atoms with Gasteiger partial charge in [0.2, 0.25) is 2.72 Å². The van der Waals surface area contributed by atoms with Gasteiger partial charge in [0.25, 0.3) is 7.82 Å². The van der Waals surface area contributed by atoms with Crippen molar-refractivity contribution in [3.8, 4) is 0 Å². The Balaban J connectivity index is 0. The normalized spacial score (nSPS) is 24.8. The van der Waals surface area contributed by atoms with Crippen LogP contribution in [0.3, 0.4) is 0 Å². The number of ether oxygens (including phenoxy) is 1. The number of rotatable bonds is 11. The van der Waals surface area contributed by atoms with Gasteiger partial charge >= 0.3 is 88.7 Å². The van der Waals surface area contributed by atoms with Crippen molar-refractivity contribution in [3.05, 3.63) is 12.7 Å². The van der Waals surface area contributed by atoms with E-state index < -0.39 is 56.9 Å². The molecule has 25 heteroatoms. The van der Waals surface area contributed by atoms with Crippen LogP contribution in [0.4, 0.5) is 5.82 Å². The minimum atomic E-state index is -5.95. The molecular formula is C16H25Br2N5Na3O12P3. The van der Waals surface area contributed by atoms with Crippen LogP contribution in [-0.4, -0.2) is 75.3 Å². The van der Waals surface area contributed by atoms with E-state index in [0.717, 1.165) is 0 Å². The molecule has 0 amide bonds. The van der Waals surface area contributed by atoms with Gasteiger partial charge in [0.1, 0.15) is 24.6 Å². The number of phosphoric acid groups is 1. The van der Waals surface area contributed by atoms with Gasteiger partial charge in [0, 0.05) is 13.1 Å². The van der Waals surface area contributed by atoms with Crippen LogP contribution in [0.1, 0.15) is 27.5 Å². The fraction of sp³-hybridized carbons (Fsp3) is 0.688. The van der Waals surface area contributed by atoms with Crippen molar-refractivity contribution in [1.82, 2.24) is 19.5 Å². The van der Waals surface area contributed by atoms with E-state index >= 15 is 0 Å². The van der Waals surface area contributed by atoms with E-state index in [-0.39, 0.29) is 102 Å². The van der Waals surface area contributed by atoms with Gasteiger partial charge in [-0.25, -0.2) is 15.0 Å². The standard InChI is InChI=1S/C15H24Br2N5O12P3.CH4.3Na/c1-3-21(4-2)12-9-13(19-6-18-12)22(7-20-9)14-11(24)10(23)8(33-14)5-32-37(30,31)34-36(28,29)15(16,17)35(25,26)27;;;;/h6-8,10-11,14,23-24H,3-5H2,1-2H3,(H,28,29)(H,30,31)(H2,25,26,27);1H4;;;/q;;3*+1/p-3. The Morgan fingerprint density at radius 1 is 1.07 bits per heavy atom. The summed E-state index contributed by atoms with van der Waals surface area (Å²) in [4.78, 5) is 59.0. The van der Waals surface area contributed by atoms with E-state index in [1.807, 2.05) is 18.7 Å². The summed E-state index contributed by atoms with van der Waals surface area (Å²) in [6.07, 6.45) is -3.58. The van der Waals surface area contributed by atoms with E-state index in [1.54, 1.807) is 0 Å². The molecule has 7 atom stereocenters. The monoisotopic (exact) mass is 799 g/mol. The molecular weight excluding hydrogens is 776 g/mol. The van der Waals surface area contributed by atoms with Gasteiger partial charge in [0.15, 0.2) is 38.4 Å². The average molecular weight is 801 g/mol. The van der Waals surface area contributed by atoms with Crippen LogP contribution in [0.5, 0.6) is 0 Å². The quantitative estimate of drug-likeness (QED) is 0.108. The fourth-order valence-corrected chi connectivity index (χ4v) is 8.10. The van der Waals surface area contributed by atoms with E-state index in [0.29, 0.717) is 24.4 Å². The predicted molar refractivity (Wildman–Crippen MR) is 134 cm³/mol. The molecule has 1 aliphatic rings. The maximum atomic E-state index is 12.1. The molecule has 0 aromatic carbocycles. The van der Waals surface area contributed by atoms with E-state index in [1.165, 1.54) is 17.2 Å². The summed E-state index contributed by atoms with van der Waals surface area (Å²) in [5.41, 5.74) is 0.629. The first-order chi connectivity index (χ1) is 17.0. The van der Waals surface area contributed by atoms with Gasteiger partial charge < -0.3 is 53.1 Å². The van der Waals surface area contributed by atoms with Crippen LogP contribution in [-0.2, 0) is 27.3 Å². The van der Waals surface area contributed by atoms with Crippen LogP contribution in [0, 0.1) is 0 Å². The fourth-order valence-electron chi connectivity index (χ4n) is 3.40. The number of fused-ring (bicyclic) bond motifs is 1. The number of alkyl halides is 2. The zero-order valence-corrected chi connectivity index (χ0v) is 33.8. The van der Waals surface area contributed by atoms with Gasteiger partial charge in [-0.15, -0.1) is 0 Å². The van der Waals surface area contributed by atoms with E-state index in [2.05, 4.69) is 55.6 Å². The third kappa shape index (κ3) is 10.1. The molecule has 1 fully saturated rings. The van der Waals surface area contributed by atoms with Crippen molar-refractivity contribution >= 4 is 71.9 Å². The summed E-state index contributed by atoms with van der Waals surface area (Å²) in [5, 5.41) is 20.9. The number of nitrogens with zero attached hydrogens (tertiary/aromatic N) is 5. The molecule has 3 heterocycles. The zero-order chi connectivity index (χ0) is 28.0. The molecule has 0 bridgehead atoms. The molecule has 17 nitrogen and oxygen atoms in total. The minimum Gasteiger partial charge on any atom is -0.777 e. The number of aliphatic hydroxyl groups excluding tert-OH is 2. The van der Waals surface area contributed by atoms with Crippen LogP contribution >= 0.6 is 54.9 Å². The third-order valence-electron chi connectivity index (χ3n) is 5.29. The van der Waals surface area contributed by atoms with Gasteiger partial charge in [-0.3, -0.25) is 13.4 Å². The number of halogens is 2. The SMILES string of the molecule is C.CCN(CC)c1ncnc2c1ncn2C1OC(COP(=O)([O-])OP(=O)([O-])C(Br)(Br)P(=O)([O-])O)C(O)C1O.[Na+].[Na+].[Na+]. The molecule has 0 spiro atoms. The number of aliphatic hydroxyl groups is 2. The summed E-state index contributed by atoms with van der Waals surface area (Å²) in [5.74, 6) is 0.522. The van der Waals surface area contributed by atoms with Crippen molar-refractivity contribution in [2.45, 2.75) is 48.5 Å². The molecule has 3 rings (SSSR count). The average Bonchev–Trinajstić information content (AvgIpc) is 3.33. The first kappa shape index (κ1) is 45.8. The Hall–Kier alpha value is 2.64. The largest absolute Gasteiger partial charge is 1.00 e. The van der Waals surface area contributed by atoms with E-state index in [4.69, 9.17) is 9.63 Å². The molecule has 1 aliphatic heterocycles. The Morgan fingerprint density at radius 2 is 1.63 bits per heavy atom. The molecule has 7 unspecified atom stereocenters. The molecule has 41 heavy (non-hydrogen) atoms. The molecule has 0 radical (unpaired) electrons. The van der Waals surface area contributed by atoms with Crippen LogP contribution < -0.4 is 108 Å². The van der Waals surface area contributed by atoms with Crippen molar-refractivity contribution in [1.29, 1.82) is 0 Å². The summed E-state index contributed by atoms with van der Waals surface area (Å²) >= 11 is 4.28. The second-order valence-corrected chi connectivity index (χ2v) is 19.0. The van der Waals surface area contributed by atoms with Crippen LogP contribution in [0.15, 0.2) is 12.7 Å². The summed E-state index contributed by atoms with van der Waals surface area (Å²) in [6, 6.07) is 0. The second kappa shape index (κ2) is 17.7. The van der Waals surface area contributed by atoms with Crippen LogP contribution in [0.2, 0.25) is 0 Å². The van der Waals surface area contributed by atoms with Crippen molar-refractivity contribution < 1.29 is 146 Å². The first-order valence-corrected chi connectivity index (χ1v) is 16.5. The summed E-state index contributed by atoms with van der Waals surface area (Å²) < 4.78 is 47.2. The second-order valence-electron chi connectivity index (χ2n) is 7.59. The van der Waals surface area contributed by atoms with Gasteiger partial charge in [-0.05, 0) is 13.8 Å². The molecule has 218 valence electrons. The number of hydrogen-bond donors (Lipinski definition) is 3. The van der Waals surface area contributed by atoms with Gasteiger partial charge in [-0.1, -0.05) is 39.3 Å². The zero-order valence-electron chi connectivity index (χ0n) is 21.9. The Labute approximate surface area is 319 Å². The number of anilines is 1. The number of aromatic nitrogens is 4. The number of imidazole rings is 1. The van der Waals surface area contributed by atoms with Crippen molar-refractivity contribution in [2.75, 3.05) is 24.6 Å². The van der Waals surface area contributed by atoms with Crippen molar-refractivity contribution in [2.24, 2.45) is 0 Å². The van der Waals surface area contributed by atoms with Crippen molar-refractivity contribution in [3.63, 3.8) is 0 Å². The number of hydrogen-bond acceptors (Lipinski definition) is 15. The maximum absolute atomic E-state index is 12.1. The molecule has 2 aromatic heterocycles. The Morgan fingerprint density at radius 3 is 2.15 bits per heavy atom. The third-order valence-corrected chi connectivity index (χ3v) is 15.5. The van der Waals surface area contributed by atoms with Crippen LogP contribution in [0.25, 0.3) is 11.2 Å².